The smallest absolute Gasteiger partial charge is 0.407 e. The number of nitrogens with zero attached hydrogens (tertiary/aromatic N) is 2. The fraction of sp³-hybridized carbons (Fsp3) is 0.450. The number of ether oxygens (including phenoxy) is 1. The number of aromatic amines is 1. The highest BCUT2D eigenvalue weighted by molar-refractivity contribution is 14.1. The van der Waals surface area contributed by atoms with Gasteiger partial charge in [-0.2, -0.15) is 0 Å². The lowest BCUT2D eigenvalue weighted by atomic mass is 10.0. The monoisotopic (exact) mass is 543 g/mol. The normalized spacial score (nSPS) is 23.3. The van der Waals surface area contributed by atoms with E-state index in [-0.39, 0.29) is 30.1 Å². The van der Waals surface area contributed by atoms with Gasteiger partial charge in [-0.25, -0.2) is 9.78 Å². The van der Waals surface area contributed by atoms with Gasteiger partial charge in [0.25, 0.3) is 0 Å². The standard InChI is InChI=1S/C20H23ClIN5O3/c1-9(2)14(25-20(29)30-3)19(28)27-13(8-12-18(27)23-12)17-24-15(16(21)26-17)10-4-6-11(22)7-5-10/h4-7,9,12-14,18,23H,8H2,1-3H3,(H,24,26)(H,25,29)/t12-,13+,14+,18+/m1/s1. The van der Waals surface area contributed by atoms with Gasteiger partial charge in [-0.15, -0.1) is 0 Å². The first kappa shape index (κ1) is 21.4. The average molecular weight is 544 g/mol. The molecular weight excluding hydrogens is 521 g/mol. The molecule has 1 aromatic carbocycles. The summed E-state index contributed by atoms with van der Waals surface area (Å²) in [6.45, 7) is 3.78. The summed E-state index contributed by atoms with van der Waals surface area (Å²) >= 11 is 8.71. The number of benzene rings is 1. The number of methoxy groups -OCH3 is 1. The van der Waals surface area contributed by atoms with Crippen molar-refractivity contribution in [1.82, 2.24) is 25.5 Å². The third-order valence-electron chi connectivity index (χ3n) is 5.53. The second-order valence-corrected chi connectivity index (χ2v) is 9.49. The highest BCUT2D eigenvalue weighted by atomic mass is 127. The van der Waals surface area contributed by atoms with Crippen LogP contribution in [0.1, 0.15) is 32.1 Å². The van der Waals surface area contributed by atoms with E-state index in [2.05, 4.69) is 38.2 Å². The molecular formula is C20H23ClIN5O3. The molecule has 4 atom stereocenters. The summed E-state index contributed by atoms with van der Waals surface area (Å²) in [6, 6.07) is 7.22. The van der Waals surface area contributed by atoms with Gasteiger partial charge in [0.05, 0.1) is 19.3 Å². The topological polar surface area (TPSA) is 109 Å². The number of hydrogen-bond donors (Lipinski definition) is 3. The summed E-state index contributed by atoms with van der Waals surface area (Å²) in [5.41, 5.74) is 1.58. The Labute approximate surface area is 193 Å². The minimum atomic E-state index is -0.692. The molecule has 0 spiro atoms. The lowest BCUT2D eigenvalue weighted by molar-refractivity contribution is -0.137. The number of carbonyl (C=O) groups is 2. The summed E-state index contributed by atoms with van der Waals surface area (Å²) in [4.78, 5) is 34.8. The number of H-pyrrole nitrogens is 1. The van der Waals surface area contributed by atoms with E-state index < -0.39 is 12.1 Å². The Morgan fingerprint density at radius 3 is 2.67 bits per heavy atom. The molecule has 10 heteroatoms. The Kier molecular flexibility index (Phi) is 5.95. The van der Waals surface area contributed by atoms with Crippen molar-refractivity contribution in [3.05, 3.63) is 38.8 Å². The summed E-state index contributed by atoms with van der Waals surface area (Å²) in [5.74, 6) is 0.385. The number of alkyl carbamates (subject to hydrolysis) is 1. The molecule has 0 radical (unpaired) electrons. The van der Waals surface area contributed by atoms with E-state index in [1.807, 2.05) is 38.1 Å². The number of nitrogens with one attached hydrogen (secondary N) is 3. The van der Waals surface area contributed by atoms with Crippen molar-refractivity contribution in [2.24, 2.45) is 5.92 Å². The van der Waals surface area contributed by atoms with E-state index in [1.54, 1.807) is 4.90 Å². The van der Waals surface area contributed by atoms with Gasteiger partial charge >= 0.3 is 6.09 Å². The van der Waals surface area contributed by atoms with E-state index in [4.69, 9.17) is 21.3 Å². The van der Waals surface area contributed by atoms with E-state index in [9.17, 15) is 9.59 Å². The van der Waals surface area contributed by atoms with Crippen LogP contribution in [0.3, 0.4) is 0 Å². The Balaban J connectivity index is 1.61. The maximum Gasteiger partial charge on any atom is 0.407 e. The van der Waals surface area contributed by atoms with Crippen LogP contribution in [0.15, 0.2) is 24.3 Å². The molecule has 0 bridgehead atoms. The van der Waals surface area contributed by atoms with Crippen LogP contribution in [0.25, 0.3) is 11.3 Å². The van der Waals surface area contributed by atoms with E-state index in [0.29, 0.717) is 16.7 Å². The van der Waals surface area contributed by atoms with Crippen molar-refractivity contribution in [2.75, 3.05) is 7.11 Å². The summed E-state index contributed by atoms with van der Waals surface area (Å²) < 4.78 is 5.82. The molecule has 1 aromatic heterocycles. The van der Waals surface area contributed by atoms with Crippen LogP contribution >= 0.6 is 34.2 Å². The van der Waals surface area contributed by atoms with Gasteiger partial charge in [0.1, 0.15) is 22.7 Å². The number of carbonyl (C=O) groups excluding carboxylic acids is 2. The number of rotatable bonds is 5. The Bertz CT molecular complexity index is 964. The molecule has 30 heavy (non-hydrogen) atoms. The zero-order valence-corrected chi connectivity index (χ0v) is 19.7. The van der Waals surface area contributed by atoms with Gasteiger partial charge in [0.15, 0.2) is 0 Å². The van der Waals surface area contributed by atoms with E-state index in [0.717, 1.165) is 15.6 Å². The van der Waals surface area contributed by atoms with Gasteiger partial charge in [-0.3, -0.25) is 10.1 Å². The van der Waals surface area contributed by atoms with Gasteiger partial charge in [-0.05, 0) is 47.1 Å². The van der Waals surface area contributed by atoms with Crippen LogP contribution in [0, 0.1) is 9.49 Å². The van der Waals surface area contributed by atoms with Crippen molar-refractivity contribution in [1.29, 1.82) is 0 Å². The van der Waals surface area contributed by atoms with Gasteiger partial charge < -0.3 is 19.9 Å². The highest BCUT2D eigenvalue weighted by Gasteiger charge is 2.56. The minimum Gasteiger partial charge on any atom is -0.453 e. The van der Waals surface area contributed by atoms with Crippen LogP contribution in [-0.2, 0) is 9.53 Å². The number of imidazole rings is 1. The average Bonchev–Trinajstić information content (AvgIpc) is 3.21. The molecule has 0 saturated carbocycles. The molecule has 2 amide bonds. The van der Waals surface area contributed by atoms with Crippen LogP contribution in [-0.4, -0.2) is 52.2 Å². The molecule has 8 nitrogen and oxygen atoms in total. The van der Waals surface area contributed by atoms with Crippen LogP contribution in [0.5, 0.6) is 0 Å². The van der Waals surface area contributed by atoms with Crippen molar-refractivity contribution in [3.63, 3.8) is 0 Å². The van der Waals surface area contributed by atoms with Crippen LogP contribution in [0.4, 0.5) is 4.79 Å². The number of fused-ring (bicyclic) bond motifs is 1. The molecule has 2 aromatic rings. The third-order valence-corrected chi connectivity index (χ3v) is 6.52. The Morgan fingerprint density at radius 1 is 1.33 bits per heavy atom. The second kappa shape index (κ2) is 8.35. The first-order chi connectivity index (χ1) is 14.3. The zero-order valence-electron chi connectivity index (χ0n) is 16.8. The molecule has 0 aliphatic carbocycles. The maximum atomic E-state index is 13.4. The van der Waals surface area contributed by atoms with Crippen molar-refractivity contribution in [2.45, 2.75) is 44.6 Å². The Hall–Kier alpha value is -1.85. The van der Waals surface area contributed by atoms with Crippen molar-refractivity contribution in [3.8, 4) is 11.3 Å². The third kappa shape index (κ3) is 4.02. The van der Waals surface area contributed by atoms with Gasteiger partial charge in [0.2, 0.25) is 5.91 Å². The summed E-state index contributed by atoms with van der Waals surface area (Å²) in [6.07, 6.45) is 0.0454. The number of amides is 2. The number of hydrogen-bond acceptors (Lipinski definition) is 5. The number of aromatic nitrogens is 2. The molecule has 3 N–H and O–H groups in total. The summed E-state index contributed by atoms with van der Waals surface area (Å²) in [7, 11) is 1.28. The van der Waals surface area contributed by atoms with Gasteiger partial charge in [0, 0.05) is 15.2 Å². The molecule has 2 aliphatic heterocycles. The lowest BCUT2D eigenvalue weighted by Gasteiger charge is -2.31. The lowest BCUT2D eigenvalue weighted by Crippen LogP contribution is -2.52. The first-order valence-corrected chi connectivity index (χ1v) is 11.2. The van der Waals surface area contributed by atoms with Crippen molar-refractivity contribution >= 4 is 46.2 Å². The fourth-order valence-electron chi connectivity index (χ4n) is 3.90. The quantitative estimate of drug-likeness (QED) is 0.396. The number of likely N-dealkylation sites (tertiary alicyclic amines) is 1. The van der Waals surface area contributed by atoms with Crippen LogP contribution in [0.2, 0.25) is 5.15 Å². The SMILES string of the molecule is COC(=O)N[C@H](C(=O)N1[C@@H]2N[C@@H]2C[C@H]1c1nc(-c2ccc(I)cc2)c(Cl)[nH]1)C(C)C. The first-order valence-electron chi connectivity index (χ1n) is 9.74. The molecule has 2 fully saturated rings. The largest absolute Gasteiger partial charge is 0.453 e. The fourth-order valence-corrected chi connectivity index (χ4v) is 4.51. The van der Waals surface area contributed by atoms with Gasteiger partial charge in [-0.1, -0.05) is 37.6 Å². The second-order valence-electron chi connectivity index (χ2n) is 7.86. The maximum absolute atomic E-state index is 13.4. The minimum absolute atomic E-state index is 0.0613. The summed E-state index contributed by atoms with van der Waals surface area (Å²) in [5, 5.41) is 6.41. The zero-order chi connectivity index (χ0) is 21.6. The predicted molar refractivity (Wildman–Crippen MR) is 121 cm³/mol. The molecule has 160 valence electrons. The Morgan fingerprint density at radius 2 is 2.03 bits per heavy atom. The molecule has 2 aliphatic rings. The van der Waals surface area contributed by atoms with Crippen LogP contribution < -0.4 is 10.6 Å². The number of halogens is 2. The van der Waals surface area contributed by atoms with E-state index in [1.165, 1.54) is 7.11 Å². The molecule has 3 heterocycles. The molecule has 4 rings (SSSR count). The molecule has 0 unspecified atom stereocenters. The molecule has 2 saturated heterocycles. The predicted octanol–water partition coefficient (Wildman–Crippen LogP) is 3.29. The highest BCUT2D eigenvalue weighted by Crippen LogP contribution is 2.43. The van der Waals surface area contributed by atoms with E-state index >= 15 is 0 Å². The van der Waals surface area contributed by atoms with Crippen molar-refractivity contribution < 1.29 is 14.3 Å².